The fraction of sp³-hybridized carbons (Fsp3) is 0.469. The first-order chi connectivity index (χ1) is 16.4. The van der Waals surface area contributed by atoms with Crippen LogP contribution >= 0.6 is 0 Å². The SMILES string of the molecule is C=CC[Si](C)(C)C1=CN(c2c(C(C)C)cccc2C(C)C)[C]N1c1c(C(C)C)cccc1C(C)C. The molecule has 2 radical (unpaired) electrons. The monoisotopic (exact) mass is 486 g/mol. The molecule has 0 aliphatic carbocycles. The van der Waals surface area contributed by atoms with Gasteiger partial charge in [-0.25, -0.2) is 0 Å². The second-order valence-electron chi connectivity index (χ2n) is 11.9. The summed E-state index contributed by atoms with van der Waals surface area (Å²) < 4.78 is 0. The summed E-state index contributed by atoms with van der Waals surface area (Å²) in [6.07, 6.45) is 4.50. The first kappa shape index (κ1) is 27.3. The fourth-order valence-electron chi connectivity index (χ4n) is 5.16. The van der Waals surface area contributed by atoms with E-state index >= 15 is 0 Å². The van der Waals surface area contributed by atoms with Crippen LogP contribution in [0.3, 0.4) is 0 Å². The van der Waals surface area contributed by atoms with Gasteiger partial charge in [0.15, 0.2) is 0 Å². The summed E-state index contributed by atoms with van der Waals surface area (Å²) in [6, 6.07) is 14.7. The van der Waals surface area contributed by atoms with Crippen LogP contribution in [0.4, 0.5) is 11.4 Å². The van der Waals surface area contributed by atoms with Gasteiger partial charge in [-0.3, -0.25) is 0 Å². The molecule has 3 heteroatoms. The molecule has 1 aliphatic rings. The highest BCUT2D eigenvalue weighted by Gasteiger charge is 2.39. The molecule has 0 bridgehead atoms. The van der Waals surface area contributed by atoms with E-state index in [4.69, 9.17) is 0 Å². The highest BCUT2D eigenvalue weighted by atomic mass is 28.3. The van der Waals surface area contributed by atoms with Crippen LogP contribution in [0.15, 0.2) is 60.6 Å². The molecule has 0 N–H and O–H groups in total. The van der Waals surface area contributed by atoms with Crippen molar-refractivity contribution in [2.45, 2.75) is 98.2 Å². The molecule has 0 saturated heterocycles. The summed E-state index contributed by atoms with van der Waals surface area (Å²) in [5.41, 5.74) is 8.16. The third kappa shape index (κ3) is 5.45. The van der Waals surface area contributed by atoms with Crippen molar-refractivity contribution in [2.24, 2.45) is 0 Å². The van der Waals surface area contributed by atoms with Crippen molar-refractivity contribution < 1.29 is 0 Å². The largest absolute Gasteiger partial charge is 0.316 e. The maximum atomic E-state index is 4.11. The predicted octanol–water partition coefficient (Wildman–Crippen LogP) is 9.78. The summed E-state index contributed by atoms with van der Waals surface area (Å²) in [5, 5.41) is 1.40. The van der Waals surface area contributed by atoms with Crippen molar-refractivity contribution in [2.75, 3.05) is 9.80 Å². The van der Waals surface area contributed by atoms with E-state index < -0.39 is 8.07 Å². The molecule has 0 spiro atoms. The van der Waals surface area contributed by atoms with Crippen LogP contribution in [-0.2, 0) is 0 Å². The molecule has 2 nitrogen and oxygen atoms in total. The number of rotatable bonds is 9. The molecule has 0 unspecified atom stereocenters. The van der Waals surface area contributed by atoms with Crippen molar-refractivity contribution in [3.63, 3.8) is 0 Å². The Kier molecular flexibility index (Phi) is 8.42. The molecule has 188 valence electrons. The third-order valence-electron chi connectivity index (χ3n) is 7.20. The Morgan fingerprint density at radius 3 is 1.51 bits per heavy atom. The molecule has 0 amide bonds. The zero-order valence-corrected chi connectivity index (χ0v) is 24.7. The second kappa shape index (κ2) is 10.8. The maximum Gasteiger partial charge on any atom is 0.217 e. The minimum Gasteiger partial charge on any atom is -0.316 e. The van der Waals surface area contributed by atoms with E-state index in [1.165, 1.54) is 38.9 Å². The van der Waals surface area contributed by atoms with Crippen LogP contribution in [0.2, 0.25) is 19.1 Å². The zero-order chi connectivity index (χ0) is 26.1. The molecular weight excluding hydrogens is 440 g/mol. The lowest BCUT2D eigenvalue weighted by Crippen LogP contribution is -2.37. The Hall–Kier alpha value is -2.26. The number of allylic oxidation sites excluding steroid dienone is 1. The van der Waals surface area contributed by atoms with Gasteiger partial charge in [0.1, 0.15) is 8.07 Å². The van der Waals surface area contributed by atoms with Crippen LogP contribution in [0.1, 0.15) is 101 Å². The van der Waals surface area contributed by atoms with E-state index in [9.17, 15) is 0 Å². The van der Waals surface area contributed by atoms with Gasteiger partial charge in [-0.1, -0.05) is 111 Å². The Labute approximate surface area is 216 Å². The summed E-state index contributed by atoms with van der Waals surface area (Å²) in [5.74, 6) is 1.73. The molecule has 2 aromatic rings. The van der Waals surface area contributed by atoms with Gasteiger partial charge >= 0.3 is 0 Å². The van der Waals surface area contributed by atoms with Gasteiger partial charge < -0.3 is 9.80 Å². The summed E-state index contributed by atoms with van der Waals surface area (Å²) in [7, 11) is -1.83. The topological polar surface area (TPSA) is 6.48 Å². The molecule has 1 heterocycles. The molecule has 0 atom stereocenters. The molecule has 1 aliphatic heterocycles. The van der Waals surface area contributed by atoms with E-state index in [1.54, 1.807) is 0 Å². The quantitative estimate of drug-likeness (QED) is 0.257. The average molecular weight is 487 g/mol. The molecule has 0 fully saturated rings. The first-order valence-electron chi connectivity index (χ1n) is 13.3. The normalized spacial score (nSPS) is 14.6. The Morgan fingerprint density at radius 2 is 1.14 bits per heavy atom. The number of hydrogen-bond acceptors (Lipinski definition) is 2. The predicted molar refractivity (Wildman–Crippen MR) is 158 cm³/mol. The van der Waals surface area contributed by atoms with Crippen LogP contribution < -0.4 is 9.80 Å². The van der Waals surface area contributed by atoms with Gasteiger partial charge in [-0.05, 0) is 52.0 Å². The summed E-state index contributed by atoms with van der Waals surface area (Å²) >= 11 is 0. The van der Waals surface area contributed by atoms with Gasteiger partial charge in [0, 0.05) is 17.2 Å². The van der Waals surface area contributed by atoms with E-state index in [0.717, 1.165) is 6.04 Å². The van der Waals surface area contributed by atoms with Gasteiger partial charge in [0.05, 0.1) is 5.69 Å². The highest BCUT2D eigenvalue weighted by Crippen LogP contribution is 2.46. The lowest BCUT2D eigenvalue weighted by Gasteiger charge is -2.35. The fourth-order valence-corrected chi connectivity index (χ4v) is 7.33. The smallest absolute Gasteiger partial charge is 0.217 e. The summed E-state index contributed by atoms with van der Waals surface area (Å²) in [4.78, 5) is 4.75. The third-order valence-corrected chi connectivity index (χ3v) is 10.2. The zero-order valence-electron chi connectivity index (χ0n) is 23.7. The second-order valence-corrected chi connectivity index (χ2v) is 16.6. The van der Waals surface area contributed by atoms with Gasteiger partial charge in [0.25, 0.3) is 0 Å². The van der Waals surface area contributed by atoms with Crippen molar-refractivity contribution >= 4 is 19.4 Å². The molecule has 0 aromatic heterocycles. The molecule has 35 heavy (non-hydrogen) atoms. The molecule has 2 aromatic carbocycles. The van der Waals surface area contributed by atoms with Gasteiger partial charge in [-0.15, -0.1) is 6.58 Å². The lowest BCUT2D eigenvalue weighted by atomic mass is 9.91. The van der Waals surface area contributed by atoms with E-state index in [0.29, 0.717) is 23.7 Å². The average Bonchev–Trinajstić information content (AvgIpc) is 3.23. The van der Waals surface area contributed by atoms with Gasteiger partial charge in [0.2, 0.25) is 6.67 Å². The van der Waals surface area contributed by atoms with Crippen LogP contribution in [-0.4, -0.2) is 8.07 Å². The van der Waals surface area contributed by atoms with Crippen molar-refractivity contribution in [3.05, 3.63) is 89.5 Å². The Morgan fingerprint density at radius 1 is 0.743 bits per heavy atom. The number of benzene rings is 2. The van der Waals surface area contributed by atoms with E-state index in [1.807, 2.05) is 0 Å². The Balaban J connectivity index is 2.30. The minimum absolute atomic E-state index is 0.430. The number of hydrogen-bond donors (Lipinski definition) is 0. The van der Waals surface area contributed by atoms with Crippen LogP contribution in [0.25, 0.3) is 0 Å². The number of nitrogens with zero attached hydrogens (tertiary/aromatic N) is 2. The van der Waals surface area contributed by atoms with Gasteiger partial charge in [-0.2, -0.15) is 0 Å². The molecular formula is C32H46N2Si. The highest BCUT2D eigenvalue weighted by molar-refractivity contribution is 6.85. The van der Waals surface area contributed by atoms with Crippen LogP contribution in [0.5, 0.6) is 0 Å². The minimum atomic E-state index is -1.83. The maximum absolute atomic E-state index is 4.11. The lowest BCUT2D eigenvalue weighted by molar-refractivity contribution is 0.818. The standard InChI is InChI=1S/C32H46N2Si/c1-12-19-35(10,11)30-20-33(31-26(22(2)3)15-13-16-27(31)23(4)5)21-34(30)32-28(24(6)7)17-14-18-29(32)25(8)9/h12-18,20,22-25H,1,19H2,2-11H3. The van der Waals surface area contributed by atoms with Crippen molar-refractivity contribution in [3.8, 4) is 0 Å². The summed E-state index contributed by atoms with van der Waals surface area (Å²) in [6.45, 7) is 31.3. The van der Waals surface area contributed by atoms with E-state index in [2.05, 4.69) is 140 Å². The van der Waals surface area contributed by atoms with Crippen molar-refractivity contribution in [1.29, 1.82) is 0 Å². The number of para-hydroxylation sites is 2. The molecule has 0 saturated carbocycles. The first-order valence-corrected chi connectivity index (χ1v) is 16.6. The molecule has 3 rings (SSSR count). The Bertz CT molecular complexity index is 1020. The van der Waals surface area contributed by atoms with E-state index in [-0.39, 0.29) is 0 Å². The van der Waals surface area contributed by atoms with Crippen LogP contribution in [0, 0.1) is 6.67 Å². The number of anilines is 2. The van der Waals surface area contributed by atoms with Crippen molar-refractivity contribution in [1.82, 2.24) is 0 Å².